The highest BCUT2D eigenvalue weighted by Crippen LogP contribution is 2.22. The molecule has 0 aromatic heterocycles. The topological polar surface area (TPSA) is 18.5 Å². The third-order valence-electron chi connectivity index (χ3n) is 2.37. The highest BCUT2D eigenvalue weighted by atomic mass is 16.7. The van der Waals surface area contributed by atoms with Gasteiger partial charge in [0.15, 0.2) is 6.29 Å². The molecule has 13 heavy (non-hydrogen) atoms. The van der Waals surface area contributed by atoms with E-state index in [-0.39, 0.29) is 6.29 Å². The Labute approximate surface area is 80.9 Å². The van der Waals surface area contributed by atoms with Crippen LogP contribution in [0.25, 0.3) is 0 Å². The molecule has 1 rings (SSSR count). The number of ether oxygens (including phenoxy) is 2. The first-order valence-electron chi connectivity index (χ1n) is 5.12. The Morgan fingerprint density at radius 2 is 2.31 bits per heavy atom. The quantitative estimate of drug-likeness (QED) is 0.494. The lowest BCUT2D eigenvalue weighted by molar-refractivity contribution is -0.111. The van der Waals surface area contributed by atoms with Crippen LogP contribution in [0.3, 0.4) is 0 Å². The summed E-state index contributed by atoms with van der Waals surface area (Å²) in [5.74, 6) is 0. The Morgan fingerprint density at radius 1 is 1.54 bits per heavy atom. The van der Waals surface area contributed by atoms with E-state index in [1.165, 1.54) is 17.6 Å². The van der Waals surface area contributed by atoms with Gasteiger partial charge in [0.2, 0.25) is 0 Å². The van der Waals surface area contributed by atoms with Gasteiger partial charge in [0.05, 0.1) is 6.61 Å². The zero-order valence-corrected chi connectivity index (χ0v) is 8.93. The number of unbranched alkanes of at least 4 members (excludes halogenated alkanes) is 1. The fraction of sp³-hybridized carbons (Fsp3) is 0.818. The second-order valence-electron chi connectivity index (χ2n) is 3.77. The normalized spacial score (nSPS) is 22.4. The van der Waals surface area contributed by atoms with Gasteiger partial charge in [-0.25, -0.2) is 0 Å². The largest absolute Gasteiger partial charge is 0.352 e. The zero-order valence-electron chi connectivity index (χ0n) is 8.93. The first-order chi connectivity index (χ1) is 6.24. The van der Waals surface area contributed by atoms with E-state index >= 15 is 0 Å². The Hall–Kier alpha value is -0.340. The van der Waals surface area contributed by atoms with Crippen molar-refractivity contribution in [1.82, 2.24) is 0 Å². The van der Waals surface area contributed by atoms with Crippen molar-refractivity contribution in [2.24, 2.45) is 0 Å². The number of allylic oxidation sites excluding steroid dienone is 1. The lowest BCUT2D eigenvalue weighted by atomic mass is 10.1. The number of hydrogen-bond donors (Lipinski definition) is 0. The summed E-state index contributed by atoms with van der Waals surface area (Å²) in [6.07, 6.45) is 3.30. The van der Waals surface area contributed by atoms with Gasteiger partial charge in [-0.3, -0.25) is 0 Å². The summed E-state index contributed by atoms with van der Waals surface area (Å²) in [5.41, 5.74) is 2.78. The molecule has 0 aromatic rings. The molecule has 0 amide bonds. The van der Waals surface area contributed by atoms with Crippen LogP contribution in [0, 0.1) is 0 Å². The maximum atomic E-state index is 5.57. The lowest BCUT2D eigenvalue weighted by Gasteiger charge is -2.09. The van der Waals surface area contributed by atoms with Gasteiger partial charge in [0.25, 0.3) is 0 Å². The van der Waals surface area contributed by atoms with Crippen LogP contribution in [0.5, 0.6) is 0 Å². The molecule has 0 aromatic carbocycles. The van der Waals surface area contributed by atoms with Crippen LogP contribution in [0.15, 0.2) is 11.1 Å². The Morgan fingerprint density at radius 3 is 2.85 bits per heavy atom. The number of hydrogen-bond acceptors (Lipinski definition) is 2. The van der Waals surface area contributed by atoms with Crippen LogP contribution in [0.2, 0.25) is 0 Å². The fourth-order valence-corrected chi connectivity index (χ4v) is 1.33. The molecule has 0 N–H and O–H groups in total. The first-order valence-corrected chi connectivity index (χ1v) is 5.12. The third-order valence-corrected chi connectivity index (χ3v) is 2.37. The molecule has 0 spiro atoms. The molecule has 2 heteroatoms. The molecular formula is C11H20O2. The SMILES string of the molecule is CCCCOC1CC(=C(C)C)CO1. The van der Waals surface area contributed by atoms with Gasteiger partial charge in [0.1, 0.15) is 0 Å². The van der Waals surface area contributed by atoms with Crippen molar-refractivity contribution in [2.75, 3.05) is 13.2 Å². The van der Waals surface area contributed by atoms with Crippen LogP contribution in [-0.4, -0.2) is 19.5 Å². The minimum atomic E-state index is 0.0245. The molecule has 0 aliphatic carbocycles. The van der Waals surface area contributed by atoms with E-state index in [0.29, 0.717) is 0 Å². The van der Waals surface area contributed by atoms with Crippen LogP contribution >= 0.6 is 0 Å². The molecule has 0 saturated carbocycles. The molecule has 76 valence electrons. The molecule has 1 heterocycles. The van der Waals surface area contributed by atoms with Crippen LogP contribution in [-0.2, 0) is 9.47 Å². The highest BCUT2D eigenvalue weighted by Gasteiger charge is 2.20. The van der Waals surface area contributed by atoms with Gasteiger partial charge in [-0.1, -0.05) is 18.9 Å². The monoisotopic (exact) mass is 184 g/mol. The summed E-state index contributed by atoms with van der Waals surface area (Å²) in [4.78, 5) is 0. The fourth-order valence-electron chi connectivity index (χ4n) is 1.33. The van der Waals surface area contributed by atoms with E-state index in [9.17, 15) is 0 Å². The maximum Gasteiger partial charge on any atom is 0.161 e. The van der Waals surface area contributed by atoms with E-state index in [1.54, 1.807) is 0 Å². The maximum absolute atomic E-state index is 5.57. The highest BCUT2D eigenvalue weighted by molar-refractivity contribution is 5.13. The summed E-state index contributed by atoms with van der Waals surface area (Å²) >= 11 is 0. The average Bonchev–Trinajstić information content (AvgIpc) is 2.53. The van der Waals surface area contributed by atoms with Crippen molar-refractivity contribution >= 4 is 0 Å². The molecule has 1 unspecified atom stereocenters. The smallest absolute Gasteiger partial charge is 0.161 e. The summed E-state index contributed by atoms with van der Waals surface area (Å²) in [7, 11) is 0. The molecule has 1 aliphatic heterocycles. The zero-order chi connectivity index (χ0) is 9.68. The molecule has 1 aliphatic rings. The van der Waals surface area contributed by atoms with Crippen molar-refractivity contribution in [2.45, 2.75) is 46.3 Å². The standard InChI is InChI=1S/C11H20O2/c1-4-5-6-12-11-7-10(8-13-11)9(2)3/h11H,4-8H2,1-3H3. The Balaban J connectivity index is 2.22. The molecule has 1 saturated heterocycles. The summed E-state index contributed by atoms with van der Waals surface area (Å²) in [6.45, 7) is 8.02. The van der Waals surface area contributed by atoms with E-state index in [4.69, 9.17) is 9.47 Å². The molecule has 0 bridgehead atoms. The molecular weight excluding hydrogens is 164 g/mol. The van der Waals surface area contributed by atoms with Crippen molar-refractivity contribution in [3.05, 3.63) is 11.1 Å². The average molecular weight is 184 g/mol. The second-order valence-corrected chi connectivity index (χ2v) is 3.77. The van der Waals surface area contributed by atoms with E-state index in [2.05, 4.69) is 20.8 Å². The van der Waals surface area contributed by atoms with Gasteiger partial charge in [-0.15, -0.1) is 0 Å². The molecule has 2 nitrogen and oxygen atoms in total. The van der Waals surface area contributed by atoms with Crippen molar-refractivity contribution in [1.29, 1.82) is 0 Å². The Kier molecular flexibility index (Phi) is 4.46. The third kappa shape index (κ3) is 3.49. The first kappa shape index (κ1) is 10.7. The van der Waals surface area contributed by atoms with Gasteiger partial charge in [0, 0.05) is 13.0 Å². The van der Waals surface area contributed by atoms with E-state index in [0.717, 1.165) is 26.1 Å². The minimum Gasteiger partial charge on any atom is -0.352 e. The summed E-state index contributed by atoms with van der Waals surface area (Å²) < 4.78 is 11.1. The second kappa shape index (κ2) is 5.40. The van der Waals surface area contributed by atoms with Crippen LogP contribution in [0.4, 0.5) is 0 Å². The van der Waals surface area contributed by atoms with Crippen molar-refractivity contribution in [3.63, 3.8) is 0 Å². The predicted octanol–water partition coefficient (Wildman–Crippen LogP) is 2.89. The lowest BCUT2D eigenvalue weighted by Crippen LogP contribution is -2.11. The van der Waals surface area contributed by atoms with Crippen LogP contribution < -0.4 is 0 Å². The molecule has 0 radical (unpaired) electrons. The summed E-state index contributed by atoms with van der Waals surface area (Å²) in [5, 5.41) is 0. The van der Waals surface area contributed by atoms with Gasteiger partial charge >= 0.3 is 0 Å². The minimum absolute atomic E-state index is 0.0245. The number of rotatable bonds is 4. The Bertz CT molecular complexity index is 181. The van der Waals surface area contributed by atoms with Gasteiger partial charge in [-0.05, 0) is 25.8 Å². The van der Waals surface area contributed by atoms with E-state index < -0.39 is 0 Å². The summed E-state index contributed by atoms with van der Waals surface area (Å²) in [6, 6.07) is 0. The van der Waals surface area contributed by atoms with Crippen molar-refractivity contribution in [3.8, 4) is 0 Å². The predicted molar refractivity (Wildman–Crippen MR) is 53.6 cm³/mol. The van der Waals surface area contributed by atoms with Crippen LogP contribution in [0.1, 0.15) is 40.0 Å². The van der Waals surface area contributed by atoms with Gasteiger partial charge < -0.3 is 9.47 Å². The molecule has 1 fully saturated rings. The van der Waals surface area contributed by atoms with Gasteiger partial charge in [-0.2, -0.15) is 0 Å². The van der Waals surface area contributed by atoms with E-state index in [1.807, 2.05) is 0 Å². The molecule has 1 atom stereocenters. The van der Waals surface area contributed by atoms with Crippen molar-refractivity contribution < 1.29 is 9.47 Å².